The Morgan fingerprint density at radius 3 is 2.44 bits per heavy atom. The molecule has 10 nitrogen and oxygen atoms in total. The third kappa shape index (κ3) is 8.56. The van der Waals surface area contributed by atoms with Crippen LogP contribution in [0.1, 0.15) is 64.0 Å². The Kier molecular flexibility index (Phi) is 11.3. The Balaban J connectivity index is 0.890. The predicted molar refractivity (Wildman–Crippen MR) is 182 cm³/mol. The van der Waals surface area contributed by atoms with Gasteiger partial charge in [-0.3, -0.25) is 14.3 Å². The van der Waals surface area contributed by atoms with Gasteiger partial charge in [0.2, 0.25) is 16.2 Å². The van der Waals surface area contributed by atoms with Gasteiger partial charge in [-0.05, 0) is 82.0 Å². The van der Waals surface area contributed by atoms with Crippen molar-refractivity contribution in [1.82, 2.24) is 29.9 Å². The number of hydrogen-bond donors (Lipinski definition) is 2. The molecule has 2 N–H and O–H groups in total. The molecular weight excluding hydrogens is 584 g/mol. The van der Waals surface area contributed by atoms with E-state index in [4.69, 9.17) is 4.74 Å². The molecule has 11 heteroatoms. The van der Waals surface area contributed by atoms with Crippen LogP contribution in [-0.4, -0.2) is 95.5 Å². The summed E-state index contributed by atoms with van der Waals surface area (Å²) in [6.45, 7) is 11.6. The maximum absolute atomic E-state index is 12.9. The largest absolute Gasteiger partial charge is 0.494 e. The summed E-state index contributed by atoms with van der Waals surface area (Å²) in [7, 11) is 0. The van der Waals surface area contributed by atoms with Crippen molar-refractivity contribution in [2.45, 2.75) is 70.9 Å². The van der Waals surface area contributed by atoms with Gasteiger partial charge >= 0.3 is 0 Å². The maximum Gasteiger partial charge on any atom is 0.223 e. The summed E-state index contributed by atoms with van der Waals surface area (Å²) in [6, 6.07) is 13.0. The minimum absolute atomic E-state index is 0.0809. The molecule has 0 unspecified atom stereocenters. The molecule has 0 bridgehead atoms. The minimum atomic E-state index is 0.0809. The number of carbonyl (C=O) groups excluding carboxylic acids is 1. The monoisotopic (exact) mass is 634 g/mol. The fourth-order valence-electron chi connectivity index (χ4n) is 7.00. The number of piperidine rings is 1. The van der Waals surface area contributed by atoms with Crippen molar-refractivity contribution in [1.29, 1.82) is 0 Å². The second-order valence-corrected chi connectivity index (χ2v) is 13.6. The Morgan fingerprint density at radius 1 is 0.933 bits per heavy atom. The van der Waals surface area contributed by atoms with E-state index in [-0.39, 0.29) is 11.8 Å². The lowest BCUT2D eigenvalue weighted by atomic mass is 9.94. The molecular formula is C34H50N8O2S. The number of ether oxygens (including phenoxy) is 1. The van der Waals surface area contributed by atoms with Crippen molar-refractivity contribution >= 4 is 28.1 Å². The first-order valence-electron chi connectivity index (χ1n) is 17.1. The number of piperazine rings is 1. The smallest absolute Gasteiger partial charge is 0.223 e. The lowest BCUT2D eigenvalue weighted by Gasteiger charge is -2.40. The van der Waals surface area contributed by atoms with Crippen LogP contribution in [-0.2, 0) is 11.3 Å². The zero-order valence-corrected chi connectivity index (χ0v) is 27.6. The minimum Gasteiger partial charge on any atom is -0.494 e. The van der Waals surface area contributed by atoms with Crippen molar-refractivity contribution in [2.24, 2.45) is 5.92 Å². The van der Waals surface area contributed by atoms with E-state index in [1.54, 1.807) is 11.3 Å². The highest BCUT2D eigenvalue weighted by atomic mass is 32.1. The molecule has 1 aromatic carbocycles. The van der Waals surface area contributed by atoms with E-state index >= 15 is 0 Å². The van der Waals surface area contributed by atoms with E-state index in [0.717, 1.165) is 78.9 Å². The van der Waals surface area contributed by atoms with Crippen molar-refractivity contribution < 1.29 is 9.53 Å². The standard InChI is InChI=1S/C34H50N8O2S/c1-2-44-31-13-11-28(12-14-31)36-26-30-10-6-19-42(30)34-38-37-33(45-34)41-20-15-27(16-21-41)32(43)35-17-7-18-39-22-24-40(25-23-39)29-8-4-3-5-9-29/h6,10-14,19,27,29,36H,2-5,7-9,15-18,20-26H2,1H3,(H,35,43). The highest BCUT2D eigenvalue weighted by molar-refractivity contribution is 7.17. The summed E-state index contributed by atoms with van der Waals surface area (Å²) >= 11 is 1.60. The Bertz CT molecular complexity index is 1320. The summed E-state index contributed by atoms with van der Waals surface area (Å²) in [6.07, 6.45) is 11.8. The van der Waals surface area contributed by atoms with Crippen LogP contribution in [0.2, 0.25) is 0 Å². The highest BCUT2D eigenvalue weighted by Gasteiger charge is 2.27. The Morgan fingerprint density at radius 2 is 1.69 bits per heavy atom. The third-order valence-corrected chi connectivity index (χ3v) is 10.6. The van der Waals surface area contributed by atoms with Gasteiger partial charge in [0.1, 0.15) is 5.75 Å². The van der Waals surface area contributed by atoms with Crippen LogP contribution in [0.5, 0.6) is 5.75 Å². The number of benzene rings is 1. The van der Waals surface area contributed by atoms with Crippen LogP contribution in [0.15, 0.2) is 42.6 Å². The summed E-state index contributed by atoms with van der Waals surface area (Å²) < 4.78 is 7.64. The number of rotatable bonds is 13. The second-order valence-electron chi connectivity index (χ2n) is 12.6. The first-order chi connectivity index (χ1) is 22.2. The molecule has 2 aliphatic heterocycles. The zero-order valence-electron chi connectivity index (χ0n) is 26.8. The van der Waals surface area contributed by atoms with Crippen LogP contribution < -0.4 is 20.3 Å². The zero-order chi connectivity index (χ0) is 30.8. The van der Waals surface area contributed by atoms with Gasteiger partial charge in [-0.15, -0.1) is 10.2 Å². The molecule has 244 valence electrons. The van der Waals surface area contributed by atoms with Crippen LogP contribution in [0.4, 0.5) is 10.8 Å². The fourth-order valence-corrected chi connectivity index (χ4v) is 7.91. The lowest BCUT2D eigenvalue weighted by Crippen LogP contribution is -2.51. The Hall–Kier alpha value is -3.15. The van der Waals surface area contributed by atoms with Gasteiger partial charge < -0.3 is 25.2 Å². The molecule has 0 radical (unpaired) electrons. The van der Waals surface area contributed by atoms with E-state index in [9.17, 15) is 4.79 Å². The molecule has 0 spiro atoms. The topological polar surface area (TPSA) is 90.8 Å². The number of hydrogen-bond acceptors (Lipinski definition) is 9. The molecule has 6 rings (SSSR count). The van der Waals surface area contributed by atoms with Gasteiger partial charge in [0.15, 0.2) is 0 Å². The van der Waals surface area contributed by atoms with Gasteiger partial charge in [0.05, 0.1) is 13.2 Å². The van der Waals surface area contributed by atoms with Gasteiger partial charge in [-0.1, -0.05) is 30.6 Å². The van der Waals surface area contributed by atoms with Gasteiger partial charge in [0, 0.05) is 75.4 Å². The van der Waals surface area contributed by atoms with Gasteiger partial charge in [-0.2, -0.15) is 0 Å². The average molecular weight is 635 g/mol. The Labute approximate surface area is 272 Å². The maximum atomic E-state index is 12.9. The number of nitrogens with one attached hydrogen (secondary N) is 2. The van der Waals surface area contributed by atoms with Gasteiger partial charge in [0.25, 0.3) is 0 Å². The van der Waals surface area contributed by atoms with Crippen LogP contribution in [0, 0.1) is 5.92 Å². The average Bonchev–Trinajstić information content (AvgIpc) is 3.77. The van der Waals surface area contributed by atoms with Crippen LogP contribution >= 0.6 is 11.3 Å². The molecule has 3 aliphatic rings. The third-order valence-electron chi connectivity index (χ3n) is 9.67. The molecule has 45 heavy (non-hydrogen) atoms. The lowest BCUT2D eigenvalue weighted by molar-refractivity contribution is -0.125. The molecule has 2 aromatic heterocycles. The van der Waals surface area contributed by atoms with E-state index in [2.05, 4.69) is 46.2 Å². The SMILES string of the molecule is CCOc1ccc(NCc2cccn2-c2nnc(N3CCC(C(=O)NCCCN4CCN(C5CCCCC5)CC4)CC3)s2)cc1. The quantitative estimate of drug-likeness (QED) is 0.254. The van der Waals surface area contributed by atoms with Gasteiger partial charge in [-0.25, -0.2) is 0 Å². The molecule has 2 saturated heterocycles. The number of anilines is 2. The van der Waals surface area contributed by atoms with Crippen molar-refractivity contribution in [3.8, 4) is 10.9 Å². The number of carbonyl (C=O) groups is 1. The molecule has 3 aromatic rings. The predicted octanol–water partition coefficient (Wildman–Crippen LogP) is 5.01. The molecule has 4 heterocycles. The summed E-state index contributed by atoms with van der Waals surface area (Å²) in [5, 5.41) is 17.5. The number of aromatic nitrogens is 3. The van der Waals surface area contributed by atoms with Crippen molar-refractivity contribution in [3.05, 3.63) is 48.3 Å². The molecule has 0 atom stereocenters. The molecule has 1 aliphatic carbocycles. The van der Waals surface area contributed by atoms with Crippen LogP contribution in [0.3, 0.4) is 0 Å². The summed E-state index contributed by atoms with van der Waals surface area (Å²) in [5.74, 6) is 1.17. The van der Waals surface area contributed by atoms with E-state index in [0.29, 0.717) is 13.2 Å². The van der Waals surface area contributed by atoms with Crippen molar-refractivity contribution in [2.75, 3.05) is 69.2 Å². The summed E-state index contributed by atoms with van der Waals surface area (Å²) in [5.41, 5.74) is 2.16. The van der Waals surface area contributed by atoms with Crippen LogP contribution in [0.25, 0.3) is 5.13 Å². The highest BCUT2D eigenvalue weighted by Crippen LogP contribution is 2.29. The number of nitrogens with zero attached hydrogens (tertiary/aromatic N) is 6. The number of amides is 1. The summed E-state index contributed by atoms with van der Waals surface area (Å²) in [4.78, 5) is 20.5. The first kappa shape index (κ1) is 31.8. The fraction of sp³-hybridized carbons (Fsp3) is 0.618. The second kappa shape index (κ2) is 15.9. The molecule has 1 saturated carbocycles. The van der Waals surface area contributed by atoms with E-state index in [1.165, 1.54) is 58.3 Å². The normalized spacial score (nSPS) is 19.1. The molecule has 1 amide bonds. The first-order valence-corrected chi connectivity index (χ1v) is 17.9. The molecule has 3 fully saturated rings. The van der Waals surface area contributed by atoms with E-state index < -0.39 is 0 Å². The van der Waals surface area contributed by atoms with E-state index in [1.807, 2.05) is 43.5 Å². The van der Waals surface area contributed by atoms with Crippen molar-refractivity contribution in [3.63, 3.8) is 0 Å².